The predicted octanol–water partition coefficient (Wildman–Crippen LogP) is 14.3. The molecule has 76 heavy (non-hydrogen) atoms. The van der Waals surface area contributed by atoms with Gasteiger partial charge in [0.05, 0.1) is 0 Å². The van der Waals surface area contributed by atoms with Crippen LogP contribution in [0.1, 0.15) is 52.7 Å². The highest BCUT2D eigenvalue weighted by molar-refractivity contribution is 7.22. The third-order valence-electron chi connectivity index (χ3n) is 17.4. The lowest BCUT2D eigenvalue weighted by atomic mass is 9.33. The molecule has 0 radical (unpaired) electrons. The maximum Gasteiger partial charge on any atom is 0.252 e. The summed E-state index contributed by atoms with van der Waals surface area (Å²) in [5.74, 6) is 0. The Morgan fingerprint density at radius 1 is 0.368 bits per heavy atom. The van der Waals surface area contributed by atoms with E-state index in [4.69, 9.17) is 0 Å². The molecule has 0 bridgehead atoms. The highest BCUT2D eigenvalue weighted by Gasteiger charge is 2.53. The Morgan fingerprint density at radius 3 is 1.55 bits per heavy atom. The summed E-state index contributed by atoms with van der Waals surface area (Å²) in [6.07, 6.45) is 0. The van der Waals surface area contributed by atoms with Crippen LogP contribution in [-0.4, -0.2) is 14.8 Å². The molecule has 15 rings (SSSR count). The van der Waals surface area contributed by atoms with Crippen LogP contribution in [0.5, 0.6) is 0 Å². The summed E-state index contributed by atoms with van der Waals surface area (Å²) in [7, 11) is -2.94. The highest BCUT2D eigenvalue weighted by Crippen LogP contribution is 2.50. The van der Waals surface area contributed by atoms with E-state index in [1.54, 1.807) is 0 Å². The zero-order valence-electron chi connectivity index (χ0n) is 44.0. The van der Waals surface area contributed by atoms with Crippen molar-refractivity contribution >= 4 is 118 Å². The van der Waals surface area contributed by atoms with Gasteiger partial charge in [-0.25, -0.2) is 0 Å². The molecular formula is C72H57BN2Si. The number of anilines is 6. The molecule has 0 saturated carbocycles. The standard InChI is InChI=1S/C72H57BN2Si/c1-71(2,3)50-22-18-23-52(44-50)74-62-45-51(72(4,5)6)36-41-59(62)73-60-28-19-31-66-70(60)75(61-29-16-17-30-65(61)76(66,53-24-12-8-13-25-53)54-26-14-9-15-27-54)64-43-49(42-63(74)69(64)73)56-38-33-48-34-39-57-55(46-20-10-7-11-21-46)37-32-47-35-40-58(56)68(48)67(47)57/h7-45H,1-6H3. The van der Waals surface area contributed by atoms with Gasteiger partial charge in [0.1, 0.15) is 0 Å². The second kappa shape index (κ2) is 16.3. The van der Waals surface area contributed by atoms with Crippen LogP contribution in [0.2, 0.25) is 0 Å². The zero-order chi connectivity index (χ0) is 51.2. The van der Waals surface area contributed by atoms with Crippen LogP contribution in [0.3, 0.4) is 0 Å². The second-order valence-electron chi connectivity index (χ2n) is 23.6. The van der Waals surface area contributed by atoms with Gasteiger partial charge < -0.3 is 9.80 Å². The van der Waals surface area contributed by atoms with Crippen molar-refractivity contribution in [2.75, 3.05) is 9.80 Å². The molecule has 12 aromatic rings. The minimum Gasteiger partial charge on any atom is -0.312 e. The van der Waals surface area contributed by atoms with Crippen molar-refractivity contribution in [1.82, 2.24) is 0 Å². The lowest BCUT2D eigenvalue weighted by molar-refractivity contribution is 0.590. The van der Waals surface area contributed by atoms with Crippen molar-refractivity contribution in [2.24, 2.45) is 0 Å². The van der Waals surface area contributed by atoms with Crippen LogP contribution in [0, 0.1) is 0 Å². The van der Waals surface area contributed by atoms with E-state index in [1.807, 2.05) is 0 Å². The van der Waals surface area contributed by atoms with Crippen LogP contribution < -0.4 is 46.9 Å². The average molecular weight is 989 g/mol. The van der Waals surface area contributed by atoms with E-state index in [1.165, 1.54) is 137 Å². The number of benzene rings is 12. The van der Waals surface area contributed by atoms with Crippen molar-refractivity contribution in [1.29, 1.82) is 0 Å². The molecule has 3 aliphatic rings. The first-order chi connectivity index (χ1) is 37.0. The van der Waals surface area contributed by atoms with Gasteiger partial charge in [-0.3, -0.25) is 0 Å². The summed E-state index contributed by atoms with van der Waals surface area (Å²) in [5, 5.41) is 13.4. The third-order valence-corrected chi connectivity index (χ3v) is 22.2. The van der Waals surface area contributed by atoms with Gasteiger partial charge in [0.15, 0.2) is 8.07 Å². The molecule has 0 N–H and O–H groups in total. The number of fused-ring (bicyclic) bond motifs is 6. The molecule has 3 heterocycles. The van der Waals surface area contributed by atoms with Gasteiger partial charge in [-0.15, -0.1) is 0 Å². The van der Waals surface area contributed by atoms with Gasteiger partial charge >= 0.3 is 0 Å². The van der Waals surface area contributed by atoms with Crippen LogP contribution in [0.15, 0.2) is 237 Å². The van der Waals surface area contributed by atoms with Crippen molar-refractivity contribution in [3.8, 4) is 22.3 Å². The van der Waals surface area contributed by atoms with Crippen LogP contribution >= 0.6 is 0 Å². The summed E-state index contributed by atoms with van der Waals surface area (Å²) in [4.78, 5) is 5.34. The Kier molecular flexibility index (Phi) is 9.64. The van der Waals surface area contributed by atoms with Crippen molar-refractivity contribution in [3.63, 3.8) is 0 Å². The predicted molar refractivity (Wildman–Crippen MR) is 330 cm³/mol. The van der Waals surface area contributed by atoms with Gasteiger partial charge in [0.25, 0.3) is 6.71 Å². The maximum absolute atomic E-state index is 2.94. The molecular weight excluding hydrogens is 932 g/mol. The Hall–Kier alpha value is -8.44. The molecule has 3 aliphatic heterocycles. The topological polar surface area (TPSA) is 6.48 Å². The number of rotatable bonds is 5. The molecule has 0 fully saturated rings. The average Bonchev–Trinajstić information content (AvgIpc) is 3.56. The molecule has 0 spiro atoms. The zero-order valence-corrected chi connectivity index (χ0v) is 45.0. The van der Waals surface area contributed by atoms with E-state index in [-0.39, 0.29) is 17.5 Å². The smallest absolute Gasteiger partial charge is 0.252 e. The minimum atomic E-state index is -2.94. The lowest BCUT2D eigenvalue weighted by Gasteiger charge is -2.51. The van der Waals surface area contributed by atoms with Crippen molar-refractivity contribution < 1.29 is 0 Å². The summed E-state index contributed by atoms with van der Waals surface area (Å²) in [5.41, 5.74) is 19.0. The normalized spacial score (nSPS) is 14.2. The third kappa shape index (κ3) is 6.34. The van der Waals surface area contributed by atoms with Crippen LogP contribution in [0.25, 0.3) is 54.6 Å². The molecule has 0 aliphatic carbocycles. The van der Waals surface area contributed by atoms with Gasteiger partial charge in [0.2, 0.25) is 0 Å². The molecule has 0 atom stereocenters. The summed E-state index contributed by atoms with van der Waals surface area (Å²) < 4.78 is 0. The Balaban J connectivity index is 1.09. The Morgan fingerprint density at radius 2 is 0.908 bits per heavy atom. The molecule has 0 saturated heterocycles. The van der Waals surface area contributed by atoms with Gasteiger partial charge in [0, 0.05) is 34.1 Å². The highest BCUT2D eigenvalue weighted by atomic mass is 28.3. The first-order valence-electron chi connectivity index (χ1n) is 27.1. The molecule has 0 unspecified atom stereocenters. The first-order valence-corrected chi connectivity index (χ1v) is 29.1. The maximum atomic E-state index is 2.70. The van der Waals surface area contributed by atoms with Gasteiger partial charge in [-0.05, 0) is 150 Å². The monoisotopic (exact) mass is 988 g/mol. The van der Waals surface area contributed by atoms with E-state index in [0.29, 0.717) is 0 Å². The fourth-order valence-electron chi connectivity index (χ4n) is 13.8. The minimum absolute atomic E-state index is 0.0300. The van der Waals surface area contributed by atoms with Crippen molar-refractivity contribution in [3.05, 3.63) is 248 Å². The van der Waals surface area contributed by atoms with E-state index >= 15 is 0 Å². The Bertz CT molecular complexity index is 4280. The first kappa shape index (κ1) is 45.0. The van der Waals surface area contributed by atoms with E-state index in [2.05, 4.69) is 288 Å². The summed E-state index contributed by atoms with van der Waals surface area (Å²) >= 11 is 0. The molecule has 4 heteroatoms. The summed E-state index contributed by atoms with van der Waals surface area (Å²) in [6, 6.07) is 91.4. The van der Waals surface area contributed by atoms with Gasteiger partial charge in [-0.2, -0.15) is 0 Å². The fraction of sp³-hybridized carbons (Fsp3) is 0.111. The van der Waals surface area contributed by atoms with E-state index in [0.717, 1.165) is 0 Å². The molecule has 0 aromatic heterocycles. The quantitative estimate of drug-likeness (QED) is 0.125. The number of nitrogens with zero attached hydrogens (tertiary/aromatic N) is 2. The SMILES string of the molecule is CC(C)(C)c1cccc(N2c3cc(C(C)(C)C)ccc3B3c4cccc5c4N(c4ccccc4[Si]5(c4ccccc4)c4ccccc4)c4cc(-c5ccc6ccc7c(-c8ccccc8)ccc8ccc5c6c87)cc2c43)c1. The van der Waals surface area contributed by atoms with E-state index in [9.17, 15) is 0 Å². The number of para-hydroxylation sites is 2. The molecule has 2 nitrogen and oxygen atoms in total. The second-order valence-corrected chi connectivity index (χ2v) is 27.3. The van der Waals surface area contributed by atoms with Crippen LogP contribution in [-0.2, 0) is 10.8 Å². The van der Waals surface area contributed by atoms with Gasteiger partial charge in [-0.1, -0.05) is 242 Å². The summed E-state index contributed by atoms with van der Waals surface area (Å²) in [6.45, 7) is 14.0. The lowest BCUT2D eigenvalue weighted by Crippen LogP contribution is -2.79. The van der Waals surface area contributed by atoms with E-state index < -0.39 is 8.07 Å². The number of hydrogen-bond acceptors (Lipinski definition) is 2. The largest absolute Gasteiger partial charge is 0.312 e. The Labute approximate surface area is 448 Å². The molecule has 12 aromatic carbocycles. The molecule has 362 valence electrons. The van der Waals surface area contributed by atoms with Crippen LogP contribution in [0.4, 0.5) is 34.1 Å². The molecule has 0 amide bonds. The van der Waals surface area contributed by atoms with Crippen molar-refractivity contribution in [2.45, 2.75) is 52.4 Å². The fourth-order valence-corrected chi connectivity index (χ4v) is 19.0. The number of hydrogen-bond donors (Lipinski definition) is 0.